The Hall–Kier alpha value is -1.62. The van der Waals surface area contributed by atoms with Crippen LogP contribution in [0.15, 0.2) is 18.3 Å². The summed E-state index contributed by atoms with van der Waals surface area (Å²) in [6.07, 6.45) is 4.42. The molecule has 138 valence electrons. The molecule has 2 saturated heterocycles. The summed E-state index contributed by atoms with van der Waals surface area (Å²) < 4.78 is 0. The molecule has 5 nitrogen and oxygen atoms in total. The van der Waals surface area contributed by atoms with Crippen molar-refractivity contribution in [1.82, 2.24) is 14.8 Å². The molecule has 1 aromatic heterocycles. The molecule has 3 heterocycles. The highest BCUT2D eigenvalue weighted by Gasteiger charge is 2.24. The minimum atomic E-state index is 0.289. The van der Waals surface area contributed by atoms with Crippen molar-refractivity contribution in [2.75, 3.05) is 50.7 Å². The van der Waals surface area contributed by atoms with Crippen molar-refractivity contribution >= 4 is 11.7 Å². The van der Waals surface area contributed by atoms with E-state index in [-0.39, 0.29) is 5.91 Å². The van der Waals surface area contributed by atoms with E-state index in [0.29, 0.717) is 12.5 Å². The molecule has 2 fully saturated rings. The van der Waals surface area contributed by atoms with E-state index in [1.807, 2.05) is 11.1 Å². The Bertz CT molecular complexity index is 556. The molecule has 0 aromatic carbocycles. The van der Waals surface area contributed by atoms with Crippen LogP contribution in [0.25, 0.3) is 0 Å². The summed E-state index contributed by atoms with van der Waals surface area (Å²) in [6.45, 7) is 12.8. The highest BCUT2D eigenvalue weighted by molar-refractivity contribution is 5.78. The van der Waals surface area contributed by atoms with E-state index < -0.39 is 0 Å². The van der Waals surface area contributed by atoms with E-state index in [1.54, 1.807) is 0 Å². The van der Waals surface area contributed by atoms with Crippen molar-refractivity contribution in [1.29, 1.82) is 0 Å². The summed E-state index contributed by atoms with van der Waals surface area (Å²) in [4.78, 5) is 23.8. The molecule has 1 aromatic rings. The number of piperidine rings is 1. The van der Waals surface area contributed by atoms with Gasteiger partial charge in [-0.1, -0.05) is 26.8 Å². The first-order valence-electron chi connectivity index (χ1n) is 9.74. The summed E-state index contributed by atoms with van der Waals surface area (Å²) in [5.41, 5.74) is 1.27. The van der Waals surface area contributed by atoms with Crippen LogP contribution in [0.3, 0.4) is 0 Å². The van der Waals surface area contributed by atoms with Crippen molar-refractivity contribution < 1.29 is 4.79 Å². The number of amides is 1. The molecular weight excluding hydrogens is 312 g/mol. The molecule has 0 saturated carbocycles. The predicted molar refractivity (Wildman–Crippen MR) is 102 cm³/mol. The highest BCUT2D eigenvalue weighted by Crippen LogP contribution is 2.19. The van der Waals surface area contributed by atoms with Gasteiger partial charge in [-0.25, -0.2) is 4.98 Å². The first-order valence-corrected chi connectivity index (χ1v) is 9.74. The molecule has 2 aliphatic heterocycles. The Morgan fingerprint density at radius 1 is 1.12 bits per heavy atom. The fourth-order valence-corrected chi connectivity index (χ4v) is 3.62. The van der Waals surface area contributed by atoms with Crippen molar-refractivity contribution in [3.63, 3.8) is 0 Å². The monoisotopic (exact) mass is 344 g/mol. The number of likely N-dealkylation sites (tertiary alicyclic amines) is 1. The third kappa shape index (κ3) is 4.72. The lowest BCUT2D eigenvalue weighted by molar-refractivity contribution is -0.133. The lowest BCUT2D eigenvalue weighted by Crippen LogP contribution is -2.52. The molecule has 0 N–H and O–H groups in total. The lowest BCUT2D eigenvalue weighted by atomic mass is 9.99. The van der Waals surface area contributed by atoms with Crippen molar-refractivity contribution in [3.8, 4) is 0 Å². The van der Waals surface area contributed by atoms with Crippen molar-refractivity contribution in [2.45, 2.75) is 39.5 Å². The summed E-state index contributed by atoms with van der Waals surface area (Å²) in [6, 6.07) is 4.28. The second-order valence-corrected chi connectivity index (χ2v) is 7.93. The Morgan fingerprint density at radius 3 is 2.36 bits per heavy atom. The van der Waals surface area contributed by atoms with Crippen LogP contribution in [0.4, 0.5) is 5.82 Å². The molecule has 5 heteroatoms. The Kier molecular flexibility index (Phi) is 5.94. The zero-order valence-electron chi connectivity index (χ0n) is 15.9. The van der Waals surface area contributed by atoms with E-state index in [0.717, 1.165) is 51.0 Å². The number of aromatic nitrogens is 1. The van der Waals surface area contributed by atoms with Gasteiger partial charge in [0, 0.05) is 32.4 Å². The van der Waals surface area contributed by atoms with Gasteiger partial charge in [0.2, 0.25) is 5.91 Å². The minimum absolute atomic E-state index is 0.289. The Morgan fingerprint density at radius 2 is 1.80 bits per heavy atom. The summed E-state index contributed by atoms with van der Waals surface area (Å²) in [7, 11) is 0. The van der Waals surface area contributed by atoms with Crippen molar-refractivity contribution in [3.05, 3.63) is 23.9 Å². The lowest BCUT2D eigenvalue weighted by Gasteiger charge is -2.37. The molecule has 25 heavy (non-hydrogen) atoms. The van der Waals surface area contributed by atoms with Gasteiger partial charge < -0.3 is 9.80 Å². The number of carbonyl (C=O) groups excluding carboxylic acids is 1. The largest absolute Gasteiger partial charge is 0.353 e. The average Bonchev–Trinajstić information content (AvgIpc) is 2.64. The standard InChI is InChI=1S/C20H32N4O/c1-16(2)18-4-5-19(21-14-18)23-10-12-24(13-11-23)20(25)15-22-8-6-17(3)7-9-22/h4-5,14,16-17H,6-13,15H2,1-3H3. The first-order chi connectivity index (χ1) is 12.0. The molecule has 3 rings (SSSR count). The molecule has 0 bridgehead atoms. The van der Waals surface area contributed by atoms with Gasteiger partial charge in [0.1, 0.15) is 5.82 Å². The number of pyridine rings is 1. The molecule has 0 atom stereocenters. The molecule has 0 spiro atoms. The summed E-state index contributed by atoms with van der Waals surface area (Å²) in [5, 5.41) is 0. The van der Waals surface area contributed by atoms with Gasteiger partial charge in [-0.05, 0) is 49.4 Å². The maximum absolute atomic E-state index is 12.6. The number of hydrogen-bond acceptors (Lipinski definition) is 4. The number of nitrogens with zero attached hydrogens (tertiary/aromatic N) is 4. The van der Waals surface area contributed by atoms with Crippen LogP contribution in [0.5, 0.6) is 0 Å². The summed E-state index contributed by atoms with van der Waals surface area (Å²) >= 11 is 0. The van der Waals surface area contributed by atoms with Crippen LogP contribution in [0.1, 0.15) is 45.1 Å². The molecule has 0 aliphatic carbocycles. The van der Waals surface area contributed by atoms with Gasteiger partial charge in [0.15, 0.2) is 0 Å². The topological polar surface area (TPSA) is 39.7 Å². The quantitative estimate of drug-likeness (QED) is 0.842. The SMILES string of the molecule is CC1CCN(CC(=O)N2CCN(c3ccc(C(C)C)cn3)CC2)CC1. The zero-order chi connectivity index (χ0) is 17.8. The minimum Gasteiger partial charge on any atom is -0.353 e. The van der Waals surface area contributed by atoms with Crippen LogP contribution < -0.4 is 4.90 Å². The predicted octanol–water partition coefficient (Wildman–Crippen LogP) is 2.59. The third-order valence-corrected chi connectivity index (χ3v) is 5.63. The second kappa shape index (κ2) is 8.17. The van der Waals surface area contributed by atoms with Crippen LogP contribution in [-0.2, 0) is 4.79 Å². The number of carbonyl (C=O) groups is 1. The van der Waals surface area contributed by atoms with Gasteiger partial charge in [-0.3, -0.25) is 9.69 Å². The maximum Gasteiger partial charge on any atom is 0.236 e. The second-order valence-electron chi connectivity index (χ2n) is 7.93. The molecule has 1 amide bonds. The summed E-state index contributed by atoms with van der Waals surface area (Å²) in [5.74, 6) is 2.64. The molecule has 2 aliphatic rings. The zero-order valence-corrected chi connectivity index (χ0v) is 15.9. The van der Waals surface area contributed by atoms with Crippen LogP contribution in [0, 0.1) is 5.92 Å². The van der Waals surface area contributed by atoms with E-state index in [4.69, 9.17) is 0 Å². The van der Waals surface area contributed by atoms with Gasteiger partial charge in [0.05, 0.1) is 6.54 Å². The van der Waals surface area contributed by atoms with Crippen molar-refractivity contribution in [2.24, 2.45) is 5.92 Å². The van der Waals surface area contributed by atoms with E-state index in [1.165, 1.54) is 18.4 Å². The normalized spacial score (nSPS) is 20.3. The van der Waals surface area contributed by atoms with Crippen LogP contribution in [-0.4, -0.2) is 66.5 Å². The van der Waals surface area contributed by atoms with E-state index in [9.17, 15) is 4.79 Å². The highest BCUT2D eigenvalue weighted by atomic mass is 16.2. The van der Waals surface area contributed by atoms with E-state index in [2.05, 4.69) is 47.7 Å². The fraction of sp³-hybridized carbons (Fsp3) is 0.700. The Balaban J connectivity index is 1.47. The Labute approximate surface area is 152 Å². The van der Waals surface area contributed by atoms with Gasteiger partial charge in [0.25, 0.3) is 0 Å². The third-order valence-electron chi connectivity index (χ3n) is 5.63. The smallest absolute Gasteiger partial charge is 0.236 e. The molecule has 0 unspecified atom stereocenters. The molecule has 0 radical (unpaired) electrons. The molecular formula is C20H32N4O. The maximum atomic E-state index is 12.6. The van der Waals surface area contributed by atoms with Gasteiger partial charge in [-0.2, -0.15) is 0 Å². The number of hydrogen-bond donors (Lipinski definition) is 0. The number of rotatable bonds is 4. The number of piperazine rings is 1. The van der Waals surface area contributed by atoms with Gasteiger partial charge in [-0.15, -0.1) is 0 Å². The van der Waals surface area contributed by atoms with E-state index >= 15 is 0 Å². The number of anilines is 1. The first kappa shape index (κ1) is 18.2. The fourth-order valence-electron chi connectivity index (χ4n) is 3.62. The van der Waals surface area contributed by atoms with Crippen LogP contribution >= 0.6 is 0 Å². The average molecular weight is 345 g/mol. The van der Waals surface area contributed by atoms with Gasteiger partial charge >= 0.3 is 0 Å². The van der Waals surface area contributed by atoms with Crippen LogP contribution in [0.2, 0.25) is 0 Å².